The number of nitrogens with one attached hydrogen (secondary N) is 2. The molecule has 27 heavy (non-hydrogen) atoms. The van der Waals surface area contributed by atoms with Gasteiger partial charge in [0.25, 0.3) is 5.91 Å². The minimum Gasteiger partial charge on any atom is -0.366 e. The van der Waals surface area contributed by atoms with Crippen LogP contribution >= 0.6 is 0 Å². The van der Waals surface area contributed by atoms with Crippen molar-refractivity contribution < 1.29 is 4.79 Å². The molecule has 0 spiro atoms. The van der Waals surface area contributed by atoms with E-state index in [-0.39, 0.29) is 5.91 Å². The van der Waals surface area contributed by atoms with E-state index in [1.54, 1.807) is 16.9 Å². The second kappa shape index (κ2) is 8.16. The first kappa shape index (κ1) is 17.5. The fraction of sp³-hybridized carbons (Fsp3) is 0.400. The molecule has 4 rings (SSSR count). The average Bonchev–Trinajstić information content (AvgIpc) is 3.15. The number of fused-ring (bicyclic) bond motifs is 1. The molecule has 0 unspecified atom stereocenters. The lowest BCUT2D eigenvalue weighted by molar-refractivity contribution is 0.0945. The number of aromatic nitrogens is 4. The van der Waals surface area contributed by atoms with Gasteiger partial charge in [0.1, 0.15) is 11.4 Å². The van der Waals surface area contributed by atoms with Crippen molar-refractivity contribution >= 4 is 17.4 Å². The predicted molar refractivity (Wildman–Crippen MR) is 103 cm³/mol. The van der Waals surface area contributed by atoms with Gasteiger partial charge in [-0.1, -0.05) is 25.3 Å². The van der Waals surface area contributed by atoms with E-state index < -0.39 is 0 Å². The summed E-state index contributed by atoms with van der Waals surface area (Å²) in [6.45, 7) is 1.35. The van der Waals surface area contributed by atoms with Gasteiger partial charge in [0, 0.05) is 31.7 Å². The van der Waals surface area contributed by atoms with Crippen molar-refractivity contribution in [2.45, 2.75) is 38.6 Å². The molecular formula is C20H24N6O. The summed E-state index contributed by atoms with van der Waals surface area (Å²) in [5.74, 6) is 1.19. The minimum atomic E-state index is -0.104. The molecule has 0 aliphatic heterocycles. The molecular weight excluding hydrogens is 340 g/mol. The molecule has 1 aliphatic rings. The molecule has 0 atom stereocenters. The molecule has 1 aliphatic carbocycles. The molecule has 0 saturated heterocycles. The maximum absolute atomic E-state index is 12.6. The Kier molecular flexibility index (Phi) is 5.27. The van der Waals surface area contributed by atoms with Crippen LogP contribution in [0.1, 0.15) is 48.0 Å². The Morgan fingerprint density at radius 3 is 2.89 bits per heavy atom. The summed E-state index contributed by atoms with van der Waals surface area (Å²) in [6.07, 6.45) is 13.2. The summed E-state index contributed by atoms with van der Waals surface area (Å²) in [5.41, 5.74) is 2.14. The maximum atomic E-state index is 12.6. The smallest absolute Gasteiger partial charge is 0.256 e. The molecule has 1 amide bonds. The number of hydrogen-bond acceptors (Lipinski definition) is 5. The van der Waals surface area contributed by atoms with Crippen molar-refractivity contribution in [2.75, 3.05) is 11.9 Å². The Hall–Kier alpha value is -2.96. The maximum Gasteiger partial charge on any atom is 0.256 e. The van der Waals surface area contributed by atoms with Crippen LogP contribution in [0.3, 0.4) is 0 Å². The van der Waals surface area contributed by atoms with Crippen LogP contribution < -0.4 is 10.6 Å². The molecule has 1 fully saturated rings. The van der Waals surface area contributed by atoms with Gasteiger partial charge in [-0.3, -0.25) is 9.78 Å². The number of anilines is 1. The van der Waals surface area contributed by atoms with Crippen molar-refractivity contribution in [3.05, 3.63) is 54.1 Å². The quantitative estimate of drug-likeness (QED) is 0.702. The summed E-state index contributed by atoms with van der Waals surface area (Å²) in [6, 6.07) is 5.75. The first-order valence-electron chi connectivity index (χ1n) is 9.55. The van der Waals surface area contributed by atoms with E-state index >= 15 is 0 Å². The molecule has 3 aromatic heterocycles. The third-order valence-corrected chi connectivity index (χ3v) is 5.09. The SMILES string of the molecule is O=C(NCC1CCCCC1)c1cnn2ccc(NCc3cccnc3)nc12. The Bertz CT molecular complexity index is 901. The first-order chi connectivity index (χ1) is 13.3. The number of hydrogen-bond donors (Lipinski definition) is 2. The van der Waals surface area contributed by atoms with Gasteiger partial charge in [0.05, 0.1) is 6.20 Å². The van der Waals surface area contributed by atoms with Crippen molar-refractivity contribution in [1.82, 2.24) is 24.9 Å². The zero-order chi connectivity index (χ0) is 18.5. The molecule has 140 valence electrons. The monoisotopic (exact) mass is 364 g/mol. The van der Waals surface area contributed by atoms with E-state index in [1.165, 1.54) is 32.1 Å². The zero-order valence-electron chi connectivity index (χ0n) is 15.3. The predicted octanol–water partition coefficient (Wildman–Crippen LogP) is 3.05. The third kappa shape index (κ3) is 4.24. The highest BCUT2D eigenvalue weighted by molar-refractivity contribution is 5.99. The van der Waals surface area contributed by atoms with E-state index in [0.717, 1.165) is 12.1 Å². The summed E-state index contributed by atoms with van der Waals surface area (Å²) in [4.78, 5) is 21.3. The van der Waals surface area contributed by atoms with Crippen LogP contribution in [0, 0.1) is 5.92 Å². The number of pyridine rings is 1. The van der Waals surface area contributed by atoms with E-state index in [9.17, 15) is 4.79 Å². The van der Waals surface area contributed by atoms with Gasteiger partial charge in [-0.15, -0.1) is 0 Å². The summed E-state index contributed by atoms with van der Waals surface area (Å²) < 4.78 is 1.63. The van der Waals surface area contributed by atoms with Crippen LogP contribution in [-0.2, 0) is 6.54 Å². The fourth-order valence-corrected chi connectivity index (χ4v) is 3.55. The Morgan fingerprint density at radius 2 is 2.07 bits per heavy atom. The number of nitrogens with zero attached hydrogens (tertiary/aromatic N) is 4. The molecule has 2 N–H and O–H groups in total. The van der Waals surface area contributed by atoms with Crippen LogP contribution in [0.4, 0.5) is 5.82 Å². The molecule has 0 aromatic carbocycles. The van der Waals surface area contributed by atoms with Crippen molar-refractivity contribution in [1.29, 1.82) is 0 Å². The van der Waals surface area contributed by atoms with Gasteiger partial charge in [0.2, 0.25) is 0 Å². The summed E-state index contributed by atoms with van der Waals surface area (Å²) in [7, 11) is 0. The van der Waals surface area contributed by atoms with Crippen LogP contribution in [0.25, 0.3) is 5.65 Å². The van der Waals surface area contributed by atoms with Crippen LogP contribution in [0.2, 0.25) is 0 Å². The van der Waals surface area contributed by atoms with E-state index in [1.807, 2.05) is 30.6 Å². The van der Waals surface area contributed by atoms with Crippen molar-refractivity contribution in [3.63, 3.8) is 0 Å². The standard InChI is InChI=1S/C20H24N6O/c27-20(23-12-15-5-2-1-3-6-15)17-14-24-26-10-8-18(25-19(17)26)22-13-16-7-4-9-21-11-16/h4,7-11,14-15H,1-3,5-6,12-13H2,(H,22,25)(H,23,27). The molecule has 7 nitrogen and oxygen atoms in total. The molecule has 0 bridgehead atoms. The van der Waals surface area contributed by atoms with E-state index in [4.69, 9.17) is 0 Å². The third-order valence-electron chi connectivity index (χ3n) is 5.09. The number of carbonyl (C=O) groups excluding carboxylic acids is 1. The lowest BCUT2D eigenvalue weighted by Crippen LogP contribution is -2.30. The summed E-state index contributed by atoms with van der Waals surface area (Å²) in [5, 5.41) is 10.6. The topological polar surface area (TPSA) is 84.2 Å². The van der Waals surface area contributed by atoms with Gasteiger partial charge < -0.3 is 10.6 Å². The van der Waals surface area contributed by atoms with Gasteiger partial charge in [0.15, 0.2) is 5.65 Å². The molecule has 0 radical (unpaired) electrons. The zero-order valence-corrected chi connectivity index (χ0v) is 15.3. The second-order valence-electron chi connectivity index (χ2n) is 7.07. The van der Waals surface area contributed by atoms with Crippen LogP contribution in [0.15, 0.2) is 43.0 Å². The van der Waals surface area contributed by atoms with Gasteiger partial charge >= 0.3 is 0 Å². The first-order valence-corrected chi connectivity index (χ1v) is 9.55. The summed E-state index contributed by atoms with van der Waals surface area (Å²) >= 11 is 0. The average molecular weight is 364 g/mol. The molecule has 1 saturated carbocycles. The van der Waals surface area contributed by atoms with Crippen LogP contribution in [-0.4, -0.2) is 32.0 Å². The highest BCUT2D eigenvalue weighted by Crippen LogP contribution is 2.23. The van der Waals surface area contributed by atoms with E-state index in [2.05, 4.69) is 25.7 Å². The number of amides is 1. The molecule has 3 heterocycles. The largest absolute Gasteiger partial charge is 0.366 e. The Morgan fingerprint density at radius 1 is 1.19 bits per heavy atom. The Labute approximate surface area is 158 Å². The highest BCUT2D eigenvalue weighted by Gasteiger charge is 2.18. The Balaban J connectivity index is 1.43. The van der Waals surface area contributed by atoms with Gasteiger partial charge in [-0.2, -0.15) is 5.10 Å². The van der Waals surface area contributed by atoms with Crippen LogP contribution in [0.5, 0.6) is 0 Å². The second-order valence-corrected chi connectivity index (χ2v) is 7.07. The van der Waals surface area contributed by atoms with Crippen molar-refractivity contribution in [3.8, 4) is 0 Å². The highest BCUT2D eigenvalue weighted by atomic mass is 16.1. The lowest BCUT2D eigenvalue weighted by atomic mass is 9.89. The molecule has 3 aromatic rings. The van der Waals surface area contributed by atoms with Crippen molar-refractivity contribution in [2.24, 2.45) is 5.92 Å². The minimum absolute atomic E-state index is 0.104. The molecule has 7 heteroatoms. The normalized spacial score (nSPS) is 15.0. The van der Waals surface area contributed by atoms with E-state index in [0.29, 0.717) is 29.5 Å². The van der Waals surface area contributed by atoms with Gasteiger partial charge in [-0.25, -0.2) is 9.50 Å². The lowest BCUT2D eigenvalue weighted by Gasteiger charge is -2.21. The fourth-order valence-electron chi connectivity index (χ4n) is 3.55. The number of carbonyl (C=O) groups is 1. The number of rotatable bonds is 6. The van der Waals surface area contributed by atoms with Gasteiger partial charge in [-0.05, 0) is 36.5 Å².